The maximum atomic E-state index is 2.66. The lowest BCUT2D eigenvalue weighted by atomic mass is 10.0. The quantitative estimate of drug-likeness (QED) is 0.122. The lowest BCUT2D eigenvalue weighted by molar-refractivity contribution is 0.267. The molecule has 0 N–H and O–H groups in total. The summed E-state index contributed by atoms with van der Waals surface area (Å²) in [6, 6.07) is 11.0. The second-order valence-electron chi connectivity index (χ2n) is 10.4. The van der Waals surface area contributed by atoms with Crippen molar-refractivity contribution in [3.8, 4) is 0 Å². The number of unbranched alkanes of at least 4 members (excludes halogenated alkanes) is 17. The van der Waals surface area contributed by atoms with Crippen LogP contribution in [0, 0.1) is 0 Å². The summed E-state index contributed by atoms with van der Waals surface area (Å²) in [5.41, 5.74) is 1.50. The van der Waals surface area contributed by atoms with Crippen LogP contribution < -0.4 is 0 Å². The van der Waals surface area contributed by atoms with E-state index in [0.29, 0.717) is 0 Å². The van der Waals surface area contributed by atoms with Crippen molar-refractivity contribution in [1.29, 1.82) is 0 Å². The van der Waals surface area contributed by atoms with Gasteiger partial charge in [0.2, 0.25) is 0 Å². The Labute approximate surface area is 221 Å². The molecule has 2 heteroatoms. The third-order valence-electron chi connectivity index (χ3n) is 7.11. The van der Waals surface area contributed by atoms with Gasteiger partial charge in [-0.25, -0.2) is 0 Å². The summed E-state index contributed by atoms with van der Waals surface area (Å²) in [4.78, 5) is 2.66. The maximum absolute atomic E-state index is 2.66. The largest absolute Gasteiger partial charge is 0.303 e. The van der Waals surface area contributed by atoms with Gasteiger partial charge in [-0.2, -0.15) is 0 Å². The molecule has 0 aromatic heterocycles. The highest BCUT2D eigenvalue weighted by Gasteiger charge is 2.01. The van der Waals surface area contributed by atoms with Crippen LogP contribution in [0.4, 0.5) is 0 Å². The van der Waals surface area contributed by atoms with Crippen molar-refractivity contribution >= 4 is 12.4 Å². The normalized spacial score (nSPS) is 11.1. The summed E-state index contributed by atoms with van der Waals surface area (Å²) in [6.45, 7) is 8.53. The fourth-order valence-corrected chi connectivity index (χ4v) is 5.11. The summed E-state index contributed by atoms with van der Waals surface area (Å²) in [5, 5.41) is 0. The van der Waals surface area contributed by atoms with E-state index in [1.807, 2.05) is 0 Å². The molecule has 0 saturated heterocycles. The Balaban J connectivity index is 0.0000109. The monoisotopic (exact) mass is 493 g/mol. The molecule has 1 rings (SSSR count). The highest BCUT2D eigenvalue weighted by atomic mass is 35.5. The molecule has 0 heterocycles. The first-order chi connectivity index (χ1) is 16.4. The molecule has 0 spiro atoms. The van der Waals surface area contributed by atoms with E-state index in [1.165, 1.54) is 160 Å². The van der Waals surface area contributed by atoms with E-state index in [0.717, 1.165) is 0 Å². The fraction of sp³-hybridized carbons (Fsp3) is 0.812. The summed E-state index contributed by atoms with van der Waals surface area (Å²) in [7, 11) is 0. The van der Waals surface area contributed by atoms with E-state index in [9.17, 15) is 0 Å². The highest BCUT2D eigenvalue weighted by Crippen LogP contribution is 2.15. The number of benzene rings is 1. The van der Waals surface area contributed by atoms with Crippen LogP contribution in [0.5, 0.6) is 0 Å². The number of hydrogen-bond donors (Lipinski definition) is 0. The van der Waals surface area contributed by atoms with E-state index >= 15 is 0 Å². The van der Waals surface area contributed by atoms with Gasteiger partial charge in [-0.05, 0) is 57.3 Å². The summed E-state index contributed by atoms with van der Waals surface area (Å²) in [6.07, 6.45) is 30.0. The average molecular weight is 494 g/mol. The minimum Gasteiger partial charge on any atom is -0.303 e. The number of rotatable bonds is 25. The third kappa shape index (κ3) is 22.0. The topological polar surface area (TPSA) is 3.24 Å². The molecule has 0 atom stereocenters. The van der Waals surface area contributed by atoms with Gasteiger partial charge in [0.05, 0.1) is 0 Å². The minimum absolute atomic E-state index is 0. The molecule has 1 aromatic carbocycles. The number of nitrogens with zero attached hydrogens (tertiary/aromatic N) is 1. The molecular formula is C32H60ClN. The lowest BCUT2D eigenvalue weighted by Crippen LogP contribution is -2.26. The summed E-state index contributed by atoms with van der Waals surface area (Å²) in [5.74, 6) is 0. The Morgan fingerprint density at radius 3 is 1.18 bits per heavy atom. The summed E-state index contributed by atoms with van der Waals surface area (Å²) >= 11 is 0. The van der Waals surface area contributed by atoms with Crippen LogP contribution in [-0.2, 0) is 6.42 Å². The number of halogens is 1. The van der Waals surface area contributed by atoms with Crippen LogP contribution in [0.3, 0.4) is 0 Å². The molecule has 0 fully saturated rings. The van der Waals surface area contributed by atoms with Crippen molar-refractivity contribution in [3.63, 3.8) is 0 Å². The second kappa shape index (κ2) is 27.1. The zero-order valence-electron chi connectivity index (χ0n) is 23.2. The smallest absolute Gasteiger partial charge is 0.00187 e. The molecule has 0 aliphatic rings. The van der Waals surface area contributed by atoms with Crippen molar-refractivity contribution in [1.82, 2.24) is 4.90 Å². The van der Waals surface area contributed by atoms with Gasteiger partial charge in [0.25, 0.3) is 0 Å². The van der Waals surface area contributed by atoms with Crippen LogP contribution in [0.1, 0.15) is 148 Å². The SMILES string of the molecule is CCCN(CCC)CCCCCCCCCCCCCCCCCCCCc1ccccc1.Cl. The molecule has 0 aliphatic carbocycles. The Kier molecular flexibility index (Phi) is 26.6. The molecular weight excluding hydrogens is 434 g/mol. The predicted octanol–water partition coefficient (Wildman–Crippen LogP) is 10.8. The molecule has 0 bridgehead atoms. The molecule has 34 heavy (non-hydrogen) atoms. The number of aryl methyl sites for hydroxylation is 1. The van der Waals surface area contributed by atoms with Crippen LogP contribution in [0.15, 0.2) is 30.3 Å². The maximum Gasteiger partial charge on any atom is -0.00187 e. The van der Waals surface area contributed by atoms with E-state index in [-0.39, 0.29) is 12.4 Å². The first kappa shape index (κ1) is 33.5. The Morgan fingerprint density at radius 1 is 0.441 bits per heavy atom. The van der Waals surface area contributed by atoms with Crippen LogP contribution >= 0.6 is 12.4 Å². The molecule has 0 amide bonds. The standard InChI is InChI=1S/C32H59N.ClH/c1-3-29-33(30-4-2)31-25-20-18-16-14-12-10-8-6-5-7-9-11-13-15-17-19-22-26-32-27-23-21-24-28-32;/h21,23-24,27-28H,3-20,22,25-26,29-31H2,1-2H3;1H. The summed E-state index contributed by atoms with van der Waals surface area (Å²) < 4.78 is 0. The van der Waals surface area contributed by atoms with Crippen molar-refractivity contribution in [3.05, 3.63) is 35.9 Å². The van der Waals surface area contributed by atoms with Gasteiger partial charge in [-0.1, -0.05) is 147 Å². The number of hydrogen-bond acceptors (Lipinski definition) is 1. The van der Waals surface area contributed by atoms with Gasteiger partial charge in [-0.3, -0.25) is 0 Å². The molecule has 0 aliphatic heterocycles. The Morgan fingerprint density at radius 2 is 0.794 bits per heavy atom. The Bertz CT molecular complexity index is 483. The minimum atomic E-state index is 0. The van der Waals surface area contributed by atoms with Gasteiger partial charge >= 0.3 is 0 Å². The average Bonchev–Trinajstić information content (AvgIpc) is 2.83. The molecule has 0 unspecified atom stereocenters. The first-order valence-electron chi connectivity index (χ1n) is 15.1. The molecule has 1 nitrogen and oxygen atoms in total. The van der Waals surface area contributed by atoms with E-state index < -0.39 is 0 Å². The van der Waals surface area contributed by atoms with Crippen LogP contribution in [0.25, 0.3) is 0 Å². The van der Waals surface area contributed by atoms with Gasteiger partial charge in [0.1, 0.15) is 0 Å². The third-order valence-corrected chi connectivity index (χ3v) is 7.11. The van der Waals surface area contributed by atoms with E-state index in [4.69, 9.17) is 0 Å². The predicted molar refractivity (Wildman–Crippen MR) is 158 cm³/mol. The Hall–Kier alpha value is -0.530. The fourth-order valence-electron chi connectivity index (χ4n) is 5.11. The molecule has 1 aromatic rings. The van der Waals surface area contributed by atoms with Gasteiger partial charge in [0.15, 0.2) is 0 Å². The zero-order valence-corrected chi connectivity index (χ0v) is 24.0. The first-order valence-corrected chi connectivity index (χ1v) is 15.1. The van der Waals surface area contributed by atoms with Gasteiger partial charge in [-0.15, -0.1) is 12.4 Å². The van der Waals surface area contributed by atoms with Crippen molar-refractivity contribution in [2.45, 2.75) is 149 Å². The van der Waals surface area contributed by atoms with Crippen LogP contribution in [-0.4, -0.2) is 24.5 Å². The highest BCUT2D eigenvalue weighted by molar-refractivity contribution is 5.85. The van der Waals surface area contributed by atoms with Crippen LogP contribution in [0.2, 0.25) is 0 Å². The van der Waals surface area contributed by atoms with E-state index in [1.54, 1.807) is 0 Å². The molecule has 0 saturated carbocycles. The second-order valence-corrected chi connectivity index (χ2v) is 10.4. The molecule has 200 valence electrons. The van der Waals surface area contributed by atoms with Crippen molar-refractivity contribution in [2.24, 2.45) is 0 Å². The lowest BCUT2D eigenvalue weighted by Gasteiger charge is -2.20. The van der Waals surface area contributed by atoms with Gasteiger partial charge < -0.3 is 4.90 Å². The van der Waals surface area contributed by atoms with Crippen molar-refractivity contribution in [2.75, 3.05) is 19.6 Å². The van der Waals surface area contributed by atoms with E-state index in [2.05, 4.69) is 49.1 Å². The zero-order chi connectivity index (χ0) is 23.7. The van der Waals surface area contributed by atoms with Crippen molar-refractivity contribution < 1.29 is 0 Å². The van der Waals surface area contributed by atoms with Gasteiger partial charge in [0, 0.05) is 0 Å². The molecule has 0 radical (unpaired) electrons.